The van der Waals surface area contributed by atoms with Crippen molar-refractivity contribution in [1.82, 2.24) is 0 Å². The lowest BCUT2D eigenvalue weighted by atomic mass is 9.89. The van der Waals surface area contributed by atoms with Gasteiger partial charge in [-0.3, -0.25) is 0 Å². The fraction of sp³-hybridized carbons (Fsp3) is 0.745. The first kappa shape index (κ1) is 45.4. The van der Waals surface area contributed by atoms with E-state index in [1.807, 2.05) is 0 Å². The Hall–Kier alpha value is -1.78. The Balaban J connectivity index is 1.55. The van der Waals surface area contributed by atoms with Crippen LogP contribution in [0.25, 0.3) is 0 Å². The van der Waals surface area contributed by atoms with Crippen LogP contribution in [0.5, 0.6) is 11.5 Å². The van der Waals surface area contributed by atoms with Crippen molar-refractivity contribution in [1.29, 1.82) is 0 Å². The molecule has 3 nitrogen and oxygen atoms in total. The predicted octanol–water partition coefficient (Wildman–Crippen LogP) is 14.4. The van der Waals surface area contributed by atoms with E-state index in [0.29, 0.717) is 5.92 Å². The molecule has 1 N–H and O–H groups in total. The van der Waals surface area contributed by atoms with Gasteiger partial charge in [0.05, 0.1) is 13.2 Å². The second-order valence-corrected chi connectivity index (χ2v) is 16.6. The Morgan fingerprint density at radius 3 is 0.961 bits per heavy atom. The molecule has 0 heterocycles. The molecule has 0 radical (unpaired) electrons. The Kier molecular flexibility index (Phi) is 30.3. The van der Waals surface area contributed by atoms with Crippen molar-refractivity contribution >= 4 is 9.76 Å². The molecular weight excluding hydrogens is 641 g/mol. The van der Waals surface area contributed by atoms with Crippen LogP contribution in [0.2, 0.25) is 6.04 Å². The van der Waals surface area contributed by atoms with Gasteiger partial charge in [-0.2, -0.15) is 0 Å². The van der Waals surface area contributed by atoms with Crippen LogP contribution in [-0.4, -0.2) is 27.8 Å². The van der Waals surface area contributed by atoms with Crippen molar-refractivity contribution in [2.24, 2.45) is 0 Å². The van der Waals surface area contributed by atoms with Crippen LogP contribution in [0.4, 0.5) is 0 Å². The van der Waals surface area contributed by atoms with E-state index in [-0.39, 0.29) is 0 Å². The number of hydrogen-bond donors (Lipinski definition) is 1. The summed E-state index contributed by atoms with van der Waals surface area (Å²) >= 11 is 0. The molecule has 0 amide bonds. The smallest absolute Gasteiger partial charge is 0.156 e. The summed E-state index contributed by atoms with van der Waals surface area (Å²) in [6, 6.07) is 18.4. The molecule has 0 aliphatic carbocycles. The average Bonchev–Trinajstić information content (AvgIpc) is 3.16. The van der Waals surface area contributed by atoms with Crippen molar-refractivity contribution in [2.75, 3.05) is 13.2 Å². The van der Waals surface area contributed by atoms with E-state index < -0.39 is 9.76 Å². The maximum atomic E-state index is 9.72. The zero-order valence-electron chi connectivity index (χ0n) is 33.8. The largest absolute Gasteiger partial charge is 0.494 e. The molecule has 2 rings (SSSR count). The minimum atomic E-state index is -0.966. The summed E-state index contributed by atoms with van der Waals surface area (Å²) in [4.78, 5) is 9.72. The Labute approximate surface area is 319 Å². The number of benzene rings is 2. The van der Waals surface area contributed by atoms with Crippen molar-refractivity contribution in [3.8, 4) is 11.5 Å². The molecule has 0 saturated carbocycles. The van der Waals surface area contributed by atoms with Gasteiger partial charge in [0.25, 0.3) is 0 Å². The number of rotatable bonds is 37. The van der Waals surface area contributed by atoms with Gasteiger partial charge in [-0.1, -0.05) is 205 Å². The first-order chi connectivity index (χ1) is 25.3. The van der Waals surface area contributed by atoms with E-state index in [9.17, 15) is 4.80 Å². The number of ether oxygens (including phenoxy) is 2. The fourth-order valence-corrected chi connectivity index (χ4v) is 7.98. The molecule has 0 aliphatic heterocycles. The lowest BCUT2D eigenvalue weighted by Crippen LogP contribution is -2.04. The molecule has 51 heavy (non-hydrogen) atoms. The third-order valence-electron chi connectivity index (χ3n) is 10.7. The highest BCUT2D eigenvalue weighted by molar-refractivity contribution is 6.25. The van der Waals surface area contributed by atoms with Crippen molar-refractivity contribution < 1.29 is 14.3 Å². The lowest BCUT2D eigenvalue weighted by Gasteiger charge is -2.19. The normalized spacial score (nSPS) is 11.7. The monoisotopic (exact) mass is 723 g/mol. The minimum absolute atomic E-state index is 0.296. The summed E-state index contributed by atoms with van der Waals surface area (Å²) in [6.45, 7) is 6.19. The van der Waals surface area contributed by atoms with Gasteiger partial charge < -0.3 is 14.3 Å². The van der Waals surface area contributed by atoms with E-state index in [4.69, 9.17) is 9.47 Å². The summed E-state index contributed by atoms with van der Waals surface area (Å²) < 4.78 is 12.2. The highest BCUT2D eigenvalue weighted by Crippen LogP contribution is 2.32. The maximum absolute atomic E-state index is 9.72. The first-order valence-electron chi connectivity index (χ1n) is 22.3. The van der Waals surface area contributed by atoms with Crippen molar-refractivity contribution in [3.63, 3.8) is 0 Å². The standard InChI is InChI=1S/C47H82O3Si/c1-3-5-7-9-11-13-15-17-19-21-23-25-27-29-40-49-45-35-31-43(32-36-45)47(39-42-51-48)44-33-37-46(38-34-44)50-41-30-28-26-24-22-20-18-16-14-12-10-8-6-4-2/h31-38,47-48H,3-30,39-42,51H2,1-2H3. The maximum Gasteiger partial charge on any atom is 0.156 e. The molecule has 2 aromatic rings. The molecule has 292 valence electrons. The predicted molar refractivity (Wildman–Crippen MR) is 227 cm³/mol. The Morgan fingerprint density at radius 1 is 0.412 bits per heavy atom. The number of unbranched alkanes of at least 4 members (excludes halogenated alkanes) is 26. The molecule has 0 saturated heterocycles. The van der Waals surface area contributed by atoms with Crippen LogP contribution in [0.15, 0.2) is 48.5 Å². The van der Waals surface area contributed by atoms with E-state index in [1.165, 1.54) is 178 Å². The van der Waals surface area contributed by atoms with E-state index in [2.05, 4.69) is 62.4 Å². The van der Waals surface area contributed by atoms with Gasteiger partial charge in [0.1, 0.15) is 11.5 Å². The van der Waals surface area contributed by atoms with E-state index in [1.54, 1.807) is 0 Å². The SMILES string of the molecule is CCCCCCCCCCCCCCCCOc1ccc(C(CC[SiH2]O)c2ccc(OCCCCCCCCCCCCCCCC)cc2)cc1. The summed E-state index contributed by atoms with van der Waals surface area (Å²) in [5.41, 5.74) is 2.61. The summed E-state index contributed by atoms with van der Waals surface area (Å²) in [7, 11) is -0.966. The topological polar surface area (TPSA) is 38.7 Å². The first-order valence-corrected chi connectivity index (χ1v) is 24.0. The minimum Gasteiger partial charge on any atom is -0.494 e. The van der Waals surface area contributed by atoms with Gasteiger partial charge in [-0.05, 0) is 60.7 Å². The third-order valence-corrected chi connectivity index (χ3v) is 11.5. The van der Waals surface area contributed by atoms with E-state index in [0.717, 1.165) is 50.0 Å². The van der Waals surface area contributed by atoms with E-state index >= 15 is 0 Å². The molecule has 0 aliphatic rings. The molecule has 4 heteroatoms. The zero-order valence-corrected chi connectivity index (χ0v) is 35.2. The summed E-state index contributed by atoms with van der Waals surface area (Å²) in [5.74, 6) is 2.23. The van der Waals surface area contributed by atoms with Gasteiger partial charge in [-0.15, -0.1) is 0 Å². The van der Waals surface area contributed by atoms with Crippen LogP contribution in [0.3, 0.4) is 0 Å². The highest BCUT2D eigenvalue weighted by Gasteiger charge is 2.15. The lowest BCUT2D eigenvalue weighted by molar-refractivity contribution is 0.304. The molecule has 0 aromatic heterocycles. The van der Waals surface area contributed by atoms with Crippen LogP contribution < -0.4 is 9.47 Å². The van der Waals surface area contributed by atoms with Crippen molar-refractivity contribution in [3.05, 3.63) is 59.7 Å². The highest BCUT2D eigenvalue weighted by atomic mass is 28.2. The molecule has 0 atom stereocenters. The molecule has 0 spiro atoms. The second-order valence-electron chi connectivity index (χ2n) is 15.4. The molecule has 0 bridgehead atoms. The average molecular weight is 723 g/mol. The van der Waals surface area contributed by atoms with Crippen LogP contribution in [-0.2, 0) is 0 Å². The third kappa shape index (κ3) is 25.0. The Bertz CT molecular complexity index is 914. The quantitative estimate of drug-likeness (QED) is 0.0557. The van der Waals surface area contributed by atoms with Crippen LogP contribution in [0, 0.1) is 0 Å². The van der Waals surface area contributed by atoms with Gasteiger partial charge in [-0.25, -0.2) is 0 Å². The van der Waals surface area contributed by atoms with Crippen LogP contribution >= 0.6 is 0 Å². The molecule has 0 unspecified atom stereocenters. The van der Waals surface area contributed by atoms with Gasteiger partial charge >= 0.3 is 0 Å². The summed E-state index contributed by atoms with van der Waals surface area (Å²) in [6.07, 6.45) is 39.6. The van der Waals surface area contributed by atoms with Gasteiger partial charge in [0.15, 0.2) is 9.76 Å². The molecule has 2 aromatic carbocycles. The second kappa shape index (κ2) is 34.0. The Morgan fingerprint density at radius 2 is 0.686 bits per heavy atom. The summed E-state index contributed by atoms with van der Waals surface area (Å²) in [5, 5.41) is 0. The fourth-order valence-electron chi connectivity index (χ4n) is 7.39. The van der Waals surface area contributed by atoms with Gasteiger partial charge in [0.2, 0.25) is 0 Å². The zero-order chi connectivity index (χ0) is 36.3. The van der Waals surface area contributed by atoms with Crippen molar-refractivity contribution in [2.45, 2.75) is 212 Å². The number of hydrogen-bond acceptors (Lipinski definition) is 3. The van der Waals surface area contributed by atoms with Gasteiger partial charge in [0, 0.05) is 5.92 Å². The molecule has 0 fully saturated rings. The molecular formula is C47H82O3Si. The van der Waals surface area contributed by atoms with Crippen LogP contribution in [0.1, 0.15) is 217 Å².